The Morgan fingerprint density at radius 2 is 1.71 bits per heavy atom. The van der Waals surface area contributed by atoms with E-state index in [-0.39, 0.29) is 0 Å². The first-order chi connectivity index (χ1) is 15.3. The van der Waals surface area contributed by atoms with Gasteiger partial charge in [0.1, 0.15) is 24.8 Å². The van der Waals surface area contributed by atoms with Crippen molar-refractivity contribution in [2.24, 2.45) is 0 Å². The number of aromatic nitrogens is 2. The third-order valence-corrected chi connectivity index (χ3v) is 5.02. The number of anilines is 3. The highest BCUT2D eigenvalue weighted by atomic mass is 16.6. The average molecular weight is 414 g/mol. The molecule has 4 aromatic rings. The molecule has 0 unspecified atom stereocenters. The highest BCUT2D eigenvalue weighted by Crippen LogP contribution is 2.33. The SMILES string of the molecule is COc1ccc(CNc2nc(Nc3ccc4c(c3)OCCO4)nc3ccccc23)cc1. The van der Waals surface area contributed by atoms with Crippen LogP contribution in [0.3, 0.4) is 0 Å². The molecule has 0 saturated heterocycles. The summed E-state index contributed by atoms with van der Waals surface area (Å²) >= 11 is 0. The van der Waals surface area contributed by atoms with Crippen molar-refractivity contribution >= 4 is 28.4 Å². The summed E-state index contributed by atoms with van der Waals surface area (Å²) in [5, 5.41) is 7.69. The first-order valence-electron chi connectivity index (χ1n) is 10.1. The fourth-order valence-electron chi connectivity index (χ4n) is 3.45. The van der Waals surface area contributed by atoms with Crippen molar-refractivity contribution in [1.29, 1.82) is 0 Å². The number of rotatable bonds is 6. The van der Waals surface area contributed by atoms with Gasteiger partial charge in [0, 0.05) is 23.7 Å². The van der Waals surface area contributed by atoms with Crippen LogP contribution >= 0.6 is 0 Å². The molecule has 7 heteroatoms. The zero-order chi connectivity index (χ0) is 21.0. The molecule has 1 aliphatic rings. The van der Waals surface area contributed by atoms with E-state index in [9.17, 15) is 0 Å². The van der Waals surface area contributed by atoms with Crippen LogP contribution < -0.4 is 24.8 Å². The molecule has 2 heterocycles. The predicted molar refractivity (Wildman–Crippen MR) is 121 cm³/mol. The molecule has 0 amide bonds. The maximum absolute atomic E-state index is 5.67. The first-order valence-corrected chi connectivity index (χ1v) is 10.1. The van der Waals surface area contributed by atoms with Gasteiger partial charge in [0.15, 0.2) is 11.5 Å². The molecule has 0 spiro atoms. The van der Waals surface area contributed by atoms with Crippen LogP contribution in [-0.4, -0.2) is 30.3 Å². The Kier molecular flexibility index (Phi) is 5.14. The van der Waals surface area contributed by atoms with Gasteiger partial charge in [-0.25, -0.2) is 4.98 Å². The predicted octanol–water partition coefficient (Wildman–Crippen LogP) is 4.77. The van der Waals surface area contributed by atoms with E-state index < -0.39 is 0 Å². The zero-order valence-corrected chi connectivity index (χ0v) is 17.1. The maximum Gasteiger partial charge on any atom is 0.229 e. The molecule has 7 nitrogen and oxygen atoms in total. The number of methoxy groups -OCH3 is 1. The number of nitrogens with zero attached hydrogens (tertiary/aromatic N) is 2. The highest BCUT2D eigenvalue weighted by Gasteiger charge is 2.13. The molecule has 0 bridgehead atoms. The molecule has 1 aromatic heterocycles. The van der Waals surface area contributed by atoms with Crippen molar-refractivity contribution in [3.8, 4) is 17.2 Å². The molecule has 5 rings (SSSR count). The van der Waals surface area contributed by atoms with Crippen molar-refractivity contribution in [2.75, 3.05) is 31.0 Å². The Morgan fingerprint density at radius 1 is 0.903 bits per heavy atom. The van der Waals surface area contributed by atoms with Gasteiger partial charge in [-0.2, -0.15) is 4.98 Å². The summed E-state index contributed by atoms with van der Waals surface area (Å²) < 4.78 is 16.5. The Hall–Kier alpha value is -4.00. The largest absolute Gasteiger partial charge is 0.497 e. The van der Waals surface area contributed by atoms with Gasteiger partial charge >= 0.3 is 0 Å². The lowest BCUT2D eigenvalue weighted by Crippen LogP contribution is -2.15. The van der Waals surface area contributed by atoms with Gasteiger partial charge in [-0.1, -0.05) is 24.3 Å². The van der Waals surface area contributed by atoms with Gasteiger partial charge in [-0.05, 0) is 42.0 Å². The van der Waals surface area contributed by atoms with E-state index in [0.717, 1.165) is 45.2 Å². The van der Waals surface area contributed by atoms with Gasteiger partial charge in [0.25, 0.3) is 0 Å². The Morgan fingerprint density at radius 3 is 2.55 bits per heavy atom. The maximum atomic E-state index is 5.67. The van der Waals surface area contributed by atoms with Gasteiger partial charge in [-0.3, -0.25) is 0 Å². The van der Waals surface area contributed by atoms with Crippen LogP contribution in [0.2, 0.25) is 0 Å². The molecule has 0 fully saturated rings. The normalized spacial score (nSPS) is 12.4. The van der Waals surface area contributed by atoms with Gasteiger partial charge in [0.05, 0.1) is 12.6 Å². The molecule has 0 aliphatic carbocycles. The Bertz CT molecular complexity index is 1210. The summed E-state index contributed by atoms with van der Waals surface area (Å²) in [4.78, 5) is 9.40. The molecule has 2 N–H and O–H groups in total. The van der Waals surface area contributed by atoms with Crippen LogP contribution in [-0.2, 0) is 6.54 Å². The summed E-state index contributed by atoms with van der Waals surface area (Å²) in [6.45, 7) is 1.74. The minimum atomic E-state index is 0.507. The summed E-state index contributed by atoms with van der Waals surface area (Å²) in [5.74, 6) is 3.57. The average Bonchev–Trinajstić information content (AvgIpc) is 2.83. The molecule has 0 radical (unpaired) electrons. The van der Waals surface area contributed by atoms with Crippen LogP contribution in [0, 0.1) is 0 Å². The van der Waals surface area contributed by atoms with E-state index in [1.54, 1.807) is 7.11 Å². The van der Waals surface area contributed by atoms with Gasteiger partial charge < -0.3 is 24.8 Å². The third kappa shape index (κ3) is 4.16. The van der Waals surface area contributed by atoms with Crippen LogP contribution in [0.1, 0.15) is 5.56 Å². The highest BCUT2D eigenvalue weighted by molar-refractivity contribution is 5.90. The zero-order valence-electron chi connectivity index (χ0n) is 17.1. The van der Waals surface area contributed by atoms with E-state index in [4.69, 9.17) is 19.2 Å². The second-order valence-electron chi connectivity index (χ2n) is 7.10. The van der Waals surface area contributed by atoms with Crippen molar-refractivity contribution in [1.82, 2.24) is 9.97 Å². The fourth-order valence-corrected chi connectivity index (χ4v) is 3.45. The second kappa shape index (κ2) is 8.39. The van der Waals surface area contributed by atoms with E-state index >= 15 is 0 Å². The van der Waals surface area contributed by atoms with Crippen molar-refractivity contribution in [3.05, 3.63) is 72.3 Å². The van der Waals surface area contributed by atoms with E-state index in [2.05, 4.69) is 15.6 Å². The van der Waals surface area contributed by atoms with E-state index in [1.807, 2.05) is 66.7 Å². The lowest BCUT2D eigenvalue weighted by molar-refractivity contribution is 0.171. The van der Waals surface area contributed by atoms with Crippen LogP contribution in [0.4, 0.5) is 17.5 Å². The molecular weight excluding hydrogens is 392 g/mol. The summed E-state index contributed by atoms with van der Waals surface area (Å²) in [7, 11) is 1.66. The Labute approximate surface area is 180 Å². The van der Waals surface area contributed by atoms with E-state index in [0.29, 0.717) is 25.7 Å². The second-order valence-corrected chi connectivity index (χ2v) is 7.10. The Balaban J connectivity index is 1.41. The molecule has 31 heavy (non-hydrogen) atoms. The van der Waals surface area contributed by atoms with Gasteiger partial charge in [-0.15, -0.1) is 0 Å². The first kappa shape index (κ1) is 19.0. The van der Waals surface area contributed by atoms with Crippen LogP contribution in [0.5, 0.6) is 17.2 Å². The lowest BCUT2D eigenvalue weighted by atomic mass is 10.2. The molecular formula is C24H22N4O3. The van der Waals surface area contributed by atoms with Crippen molar-refractivity contribution in [3.63, 3.8) is 0 Å². The number of ether oxygens (including phenoxy) is 3. The molecule has 0 atom stereocenters. The summed E-state index contributed by atoms with van der Waals surface area (Å²) in [5.41, 5.74) is 2.82. The summed E-state index contributed by atoms with van der Waals surface area (Å²) in [6.07, 6.45) is 0. The smallest absolute Gasteiger partial charge is 0.229 e. The number of para-hydroxylation sites is 1. The third-order valence-electron chi connectivity index (χ3n) is 5.02. The van der Waals surface area contributed by atoms with Crippen LogP contribution in [0.15, 0.2) is 66.7 Å². The number of fused-ring (bicyclic) bond motifs is 2. The molecule has 1 aliphatic heterocycles. The van der Waals surface area contributed by atoms with Crippen molar-refractivity contribution < 1.29 is 14.2 Å². The number of nitrogens with one attached hydrogen (secondary N) is 2. The van der Waals surface area contributed by atoms with E-state index in [1.165, 1.54) is 0 Å². The fraction of sp³-hybridized carbons (Fsp3) is 0.167. The topological polar surface area (TPSA) is 77.5 Å². The lowest BCUT2D eigenvalue weighted by Gasteiger charge is -2.19. The minimum absolute atomic E-state index is 0.507. The number of benzene rings is 3. The number of hydrogen-bond acceptors (Lipinski definition) is 7. The minimum Gasteiger partial charge on any atom is -0.497 e. The molecule has 156 valence electrons. The standard InChI is InChI=1S/C24H22N4O3/c1-29-18-9-6-16(7-10-18)15-25-23-19-4-2-3-5-20(19)27-24(28-23)26-17-8-11-21-22(14-17)31-13-12-30-21/h2-11,14H,12-13,15H2,1H3,(H2,25,26,27,28). The molecule has 3 aromatic carbocycles. The monoisotopic (exact) mass is 414 g/mol. The number of hydrogen-bond donors (Lipinski definition) is 2. The quantitative estimate of drug-likeness (QED) is 0.471. The summed E-state index contributed by atoms with van der Waals surface area (Å²) in [6, 6.07) is 21.6. The van der Waals surface area contributed by atoms with Crippen LogP contribution in [0.25, 0.3) is 10.9 Å². The van der Waals surface area contributed by atoms with Gasteiger partial charge in [0.2, 0.25) is 5.95 Å². The van der Waals surface area contributed by atoms with Crippen molar-refractivity contribution in [2.45, 2.75) is 6.54 Å². The molecule has 0 saturated carbocycles.